The quantitative estimate of drug-likeness (QED) is 0.323. The van der Waals surface area contributed by atoms with E-state index < -0.39 is 0 Å². The lowest BCUT2D eigenvalue weighted by Gasteiger charge is -2.29. The zero-order valence-electron chi connectivity index (χ0n) is 19.6. The highest BCUT2D eigenvalue weighted by atomic mass is 35.5. The van der Waals surface area contributed by atoms with E-state index in [2.05, 4.69) is 21.3 Å². The Morgan fingerprint density at radius 2 is 1.80 bits per heavy atom. The second kappa shape index (κ2) is 9.24. The molecule has 1 aliphatic heterocycles. The average molecular weight is 505 g/mol. The number of ether oxygens (including phenoxy) is 1. The number of nitrogens with one attached hydrogen (secondary N) is 1. The molecule has 6 nitrogen and oxygen atoms in total. The zero-order valence-corrected chi connectivity index (χ0v) is 21.1. The van der Waals surface area contributed by atoms with Gasteiger partial charge in [0, 0.05) is 22.6 Å². The number of para-hydroxylation sites is 2. The van der Waals surface area contributed by atoms with Gasteiger partial charge in [-0.25, -0.2) is 0 Å². The van der Waals surface area contributed by atoms with Crippen LogP contribution >= 0.6 is 23.8 Å². The summed E-state index contributed by atoms with van der Waals surface area (Å²) in [7, 11) is 1.66. The van der Waals surface area contributed by atoms with Gasteiger partial charge < -0.3 is 24.6 Å². The van der Waals surface area contributed by atoms with Gasteiger partial charge in [-0.05, 0) is 80.2 Å². The highest BCUT2D eigenvalue weighted by molar-refractivity contribution is 7.80. The first-order chi connectivity index (χ1) is 16.9. The Morgan fingerprint density at radius 1 is 1.03 bits per heavy atom. The molecule has 2 atom stereocenters. The van der Waals surface area contributed by atoms with Crippen molar-refractivity contribution in [2.45, 2.75) is 25.9 Å². The standard InChI is InChI=1S/C27H25ClN4O2S/c1-16-14-19(17(2)31(16)22-15-18(28)11-12-23(22)33)26-25(20-8-6-7-13-29-20)30-27(35)32(26)21-9-4-5-10-24(21)34-3/h4-15,25-26,33H,1-3H3,(H,30,35). The third-order valence-corrected chi connectivity index (χ3v) is 6.96. The van der Waals surface area contributed by atoms with Crippen LogP contribution in [0, 0.1) is 13.8 Å². The first kappa shape index (κ1) is 23.2. The summed E-state index contributed by atoms with van der Waals surface area (Å²) in [6, 6.07) is 20.5. The third kappa shape index (κ3) is 4.00. The number of hydrogen-bond donors (Lipinski definition) is 2. The molecule has 0 bridgehead atoms. The van der Waals surface area contributed by atoms with Crippen molar-refractivity contribution in [1.29, 1.82) is 0 Å². The van der Waals surface area contributed by atoms with E-state index in [-0.39, 0.29) is 17.8 Å². The summed E-state index contributed by atoms with van der Waals surface area (Å²) in [4.78, 5) is 6.73. The van der Waals surface area contributed by atoms with Crippen LogP contribution in [0.3, 0.4) is 0 Å². The van der Waals surface area contributed by atoms with Crippen LogP contribution in [0.15, 0.2) is 72.9 Å². The van der Waals surface area contributed by atoms with Gasteiger partial charge in [-0.3, -0.25) is 4.98 Å². The van der Waals surface area contributed by atoms with Crippen LogP contribution in [0.2, 0.25) is 5.02 Å². The smallest absolute Gasteiger partial charge is 0.174 e. The van der Waals surface area contributed by atoms with E-state index in [1.165, 1.54) is 0 Å². The molecule has 35 heavy (non-hydrogen) atoms. The van der Waals surface area contributed by atoms with Crippen LogP contribution < -0.4 is 15.0 Å². The first-order valence-electron chi connectivity index (χ1n) is 11.2. The van der Waals surface area contributed by atoms with Crippen molar-refractivity contribution in [3.8, 4) is 17.2 Å². The zero-order chi connectivity index (χ0) is 24.7. The monoisotopic (exact) mass is 504 g/mol. The number of methoxy groups -OCH3 is 1. The normalized spacial score (nSPS) is 17.5. The van der Waals surface area contributed by atoms with Crippen LogP contribution in [0.4, 0.5) is 5.69 Å². The van der Waals surface area contributed by atoms with E-state index in [0.717, 1.165) is 34.1 Å². The molecule has 0 spiro atoms. The summed E-state index contributed by atoms with van der Waals surface area (Å²) in [6.07, 6.45) is 1.79. The number of hydrogen-bond acceptors (Lipinski definition) is 4. The summed E-state index contributed by atoms with van der Waals surface area (Å²) in [5.74, 6) is 0.885. The Kier molecular flexibility index (Phi) is 6.13. The first-order valence-corrected chi connectivity index (χ1v) is 12.0. The number of benzene rings is 2. The van der Waals surface area contributed by atoms with Crippen molar-refractivity contribution >= 4 is 34.6 Å². The molecule has 0 radical (unpaired) electrons. The molecule has 1 aliphatic rings. The third-order valence-electron chi connectivity index (χ3n) is 6.41. The van der Waals surface area contributed by atoms with E-state index in [0.29, 0.717) is 15.8 Å². The summed E-state index contributed by atoms with van der Waals surface area (Å²) < 4.78 is 7.71. The second-order valence-electron chi connectivity index (χ2n) is 8.46. The van der Waals surface area contributed by atoms with Gasteiger partial charge in [0.2, 0.25) is 0 Å². The lowest BCUT2D eigenvalue weighted by Crippen LogP contribution is -2.30. The van der Waals surface area contributed by atoms with E-state index in [4.69, 9.17) is 28.6 Å². The van der Waals surface area contributed by atoms with Crippen molar-refractivity contribution in [2.75, 3.05) is 12.0 Å². The van der Waals surface area contributed by atoms with Crippen molar-refractivity contribution in [1.82, 2.24) is 14.9 Å². The van der Waals surface area contributed by atoms with E-state index in [9.17, 15) is 5.11 Å². The summed E-state index contributed by atoms with van der Waals surface area (Å²) in [6.45, 7) is 4.06. The topological polar surface area (TPSA) is 62.5 Å². The molecule has 0 saturated carbocycles. The highest BCUT2D eigenvalue weighted by Crippen LogP contribution is 2.46. The van der Waals surface area contributed by atoms with Gasteiger partial charge in [-0.2, -0.15) is 0 Å². The van der Waals surface area contributed by atoms with Crippen molar-refractivity contribution < 1.29 is 9.84 Å². The molecule has 5 rings (SSSR count). The fraction of sp³-hybridized carbons (Fsp3) is 0.185. The van der Waals surface area contributed by atoms with Gasteiger partial charge in [0.15, 0.2) is 5.11 Å². The number of phenols is 1. The Bertz CT molecular complexity index is 1410. The SMILES string of the molecule is COc1ccccc1N1C(=S)NC(c2ccccn2)C1c1cc(C)n(-c2cc(Cl)ccc2O)c1C. The van der Waals surface area contributed by atoms with Gasteiger partial charge in [0.25, 0.3) is 0 Å². The number of aromatic hydroxyl groups is 1. The molecule has 1 fully saturated rings. The molecule has 0 aliphatic carbocycles. The molecule has 2 N–H and O–H groups in total. The lowest BCUT2D eigenvalue weighted by molar-refractivity contribution is 0.414. The number of aromatic nitrogens is 2. The number of phenolic OH excluding ortho intramolecular Hbond substituents is 1. The minimum Gasteiger partial charge on any atom is -0.506 e. The Morgan fingerprint density at radius 3 is 2.54 bits per heavy atom. The van der Waals surface area contributed by atoms with E-state index in [1.807, 2.05) is 60.9 Å². The molecule has 1 saturated heterocycles. The predicted octanol–water partition coefficient (Wildman–Crippen LogP) is 6.03. The van der Waals surface area contributed by atoms with Crippen LogP contribution in [0.25, 0.3) is 5.69 Å². The van der Waals surface area contributed by atoms with Crippen LogP contribution in [-0.2, 0) is 0 Å². The molecule has 3 heterocycles. The fourth-order valence-corrected chi connectivity index (χ4v) is 5.40. The summed E-state index contributed by atoms with van der Waals surface area (Å²) in [5, 5.41) is 15.3. The number of halogens is 1. The molecule has 2 aromatic heterocycles. The van der Waals surface area contributed by atoms with Crippen molar-refractivity contribution in [3.63, 3.8) is 0 Å². The van der Waals surface area contributed by atoms with Crippen LogP contribution in [-0.4, -0.2) is 26.9 Å². The van der Waals surface area contributed by atoms with Crippen molar-refractivity contribution in [2.24, 2.45) is 0 Å². The minimum absolute atomic E-state index is 0.158. The Balaban J connectivity index is 1.72. The lowest BCUT2D eigenvalue weighted by atomic mass is 9.96. The second-order valence-corrected chi connectivity index (χ2v) is 9.29. The van der Waals surface area contributed by atoms with Crippen LogP contribution in [0.5, 0.6) is 11.5 Å². The number of pyridine rings is 1. The maximum absolute atomic E-state index is 10.6. The molecule has 2 aromatic carbocycles. The average Bonchev–Trinajstić information content (AvgIpc) is 3.36. The van der Waals surface area contributed by atoms with E-state index >= 15 is 0 Å². The molecule has 8 heteroatoms. The van der Waals surface area contributed by atoms with Gasteiger partial charge in [0.05, 0.1) is 36.3 Å². The van der Waals surface area contributed by atoms with E-state index in [1.54, 1.807) is 31.5 Å². The molecular formula is C27H25ClN4O2S. The number of thiocarbonyl (C=S) groups is 1. The number of anilines is 1. The number of aryl methyl sites for hydroxylation is 1. The van der Waals surface area contributed by atoms with Gasteiger partial charge in [-0.15, -0.1) is 0 Å². The Hall–Kier alpha value is -3.55. The predicted molar refractivity (Wildman–Crippen MR) is 143 cm³/mol. The summed E-state index contributed by atoms with van der Waals surface area (Å²) >= 11 is 12.1. The van der Waals surface area contributed by atoms with Crippen LogP contribution in [0.1, 0.15) is 34.7 Å². The minimum atomic E-state index is -0.213. The fourth-order valence-electron chi connectivity index (χ4n) is 4.89. The molecule has 2 unspecified atom stereocenters. The molecule has 178 valence electrons. The van der Waals surface area contributed by atoms with Gasteiger partial charge in [-0.1, -0.05) is 29.8 Å². The van der Waals surface area contributed by atoms with Crippen molar-refractivity contribution in [3.05, 3.63) is 101 Å². The summed E-state index contributed by atoms with van der Waals surface area (Å²) in [5.41, 5.74) is 5.37. The maximum Gasteiger partial charge on any atom is 0.174 e. The largest absolute Gasteiger partial charge is 0.506 e. The Labute approximate surface area is 214 Å². The molecule has 0 amide bonds. The molecular weight excluding hydrogens is 480 g/mol. The van der Waals surface area contributed by atoms with Gasteiger partial charge in [0.1, 0.15) is 11.5 Å². The highest BCUT2D eigenvalue weighted by Gasteiger charge is 2.43. The molecule has 4 aromatic rings. The van der Waals surface area contributed by atoms with Gasteiger partial charge >= 0.3 is 0 Å². The number of nitrogens with zero attached hydrogens (tertiary/aromatic N) is 3. The maximum atomic E-state index is 10.6. The number of rotatable bonds is 5.